The largest absolute Gasteiger partial charge is 0.351 e. The molecule has 19 heavy (non-hydrogen) atoms. The highest BCUT2D eigenvalue weighted by molar-refractivity contribution is 8.00. The summed E-state index contributed by atoms with van der Waals surface area (Å²) in [5.41, 5.74) is 0.834. The van der Waals surface area contributed by atoms with Crippen molar-refractivity contribution in [1.29, 1.82) is 5.26 Å². The minimum Gasteiger partial charge on any atom is -0.351 e. The molecule has 6 heteroatoms. The maximum atomic E-state index is 11.7. The van der Waals surface area contributed by atoms with Gasteiger partial charge in [-0.2, -0.15) is 5.26 Å². The van der Waals surface area contributed by atoms with Gasteiger partial charge in [0, 0.05) is 5.54 Å². The van der Waals surface area contributed by atoms with Gasteiger partial charge in [-0.25, -0.2) is 9.97 Å². The molecule has 0 atom stereocenters. The van der Waals surface area contributed by atoms with Gasteiger partial charge >= 0.3 is 0 Å². The summed E-state index contributed by atoms with van der Waals surface area (Å²) in [6.45, 7) is 9.32. The Kier molecular flexibility index (Phi) is 4.90. The molecule has 0 fully saturated rings. The lowest BCUT2D eigenvalue weighted by molar-refractivity contribution is -0.119. The van der Waals surface area contributed by atoms with Gasteiger partial charge in [0.15, 0.2) is 0 Å². The van der Waals surface area contributed by atoms with Crippen LogP contribution in [0.1, 0.15) is 37.9 Å². The number of aryl methyl sites for hydroxylation is 2. The predicted molar refractivity (Wildman–Crippen MR) is 74.8 cm³/mol. The summed E-state index contributed by atoms with van der Waals surface area (Å²) in [5, 5.41) is 12.5. The fourth-order valence-electron chi connectivity index (χ4n) is 1.50. The monoisotopic (exact) mass is 278 g/mol. The van der Waals surface area contributed by atoms with Crippen molar-refractivity contribution in [2.24, 2.45) is 0 Å². The van der Waals surface area contributed by atoms with Crippen molar-refractivity contribution in [1.82, 2.24) is 15.3 Å². The van der Waals surface area contributed by atoms with Crippen molar-refractivity contribution in [3.8, 4) is 6.07 Å². The van der Waals surface area contributed by atoms with E-state index in [2.05, 4.69) is 21.4 Å². The highest BCUT2D eigenvalue weighted by Crippen LogP contribution is 2.21. The van der Waals surface area contributed by atoms with E-state index < -0.39 is 0 Å². The number of carbonyl (C=O) groups excluding carboxylic acids is 1. The number of carbonyl (C=O) groups is 1. The zero-order valence-electron chi connectivity index (χ0n) is 11.9. The van der Waals surface area contributed by atoms with E-state index in [1.807, 2.05) is 20.8 Å². The average Bonchev–Trinajstić information content (AvgIpc) is 2.23. The van der Waals surface area contributed by atoms with Gasteiger partial charge in [0.05, 0.1) is 11.4 Å². The van der Waals surface area contributed by atoms with Crippen molar-refractivity contribution in [2.75, 3.05) is 5.75 Å². The number of nitriles is 1. The Labute approximate surface area is 117 Å². The van der Waals surface area contributed by atoms with Gasteiger partial charge in [-0.15, -0.1) is 0 Å². The molecule has 0 saturated heterocycles. The van der Waals surface area contributed by atoms with Gasteiger partial charge in [-0.3, -0.25) is 4.79 Å². The van der Waals surface area contributed by atoms with Crippen LogP contribution >= 0.6 is 11.8 Å². The number of rotatable bonds is 3. The van der Waals surface area contributed by atoms with Crippen molar-refractivity contribution in [3.63, 3.8) is 0 Å². The van der Waals surface area contributed by atoms with Crippen LogP contribution in [0.15, 0.2) is 5.03 Å². The molecule has 0 aromatic carbocycles. The predicted octanol–water partition coefficient (Wildman–Crippen LogP) is 1.97. The second-order valence-corrected chi connectivity index (χ2v) is 6.20. The molecule has 1 amide bonds. The van der Waals surface area contributed by atoms with Crippen LogP contribution < -0.4 is 5.32 Å². The average molecular weight is 278 g/mol. The molecule has 1 aromatic rings. The Morgan fingerprint density at radius 3 is 2.53 bits per heavy atom. The molecule has 0 spiro atoms. The molecule has 1 N–H and O–H groups in total. The lowest BCUT2D eigenvalue weighted by Crippen LogP contribution is -2.41. The Morgan fingerprint density at radius 1 is 1.37 bits per heavy atom. The Morgan fingerprint density at radius 2 is 2.00 bits per heavy atom. The first-order chi connectivity index (χ1) is 8.73. The molecule has 1 aromatic heterocycles. The minimum absolute atomic E-state index is 0.0738. The first kappa shape index (κ1) is 15.4. The zero-order chi connectivity index (χ0) is 14.6. The van der Waals surface area contributed by atoms with E-state index in [-0.39, 0.29) is 17.2 Å². The standard InChI is InChI=1S/C13H18N4OS/c1-8-10(6-14)12(16-9(2)15-8)19-7-11(18)17-13(3,4)5/h7H2,1-5H3,(H,17,18). The molecule has 0 bridgehead atoms. The highest BCUT2D eigenvalue weighted by atomic mass is 32.2. The molecule has 1 heterocycles. The van der Waals surface area contributed by atoms with Crippen LogP contribution in [0.2, 0.25) is 0 Å². The maximum absolute atomic E-state index is 11.7. The Hall–Kier alpha value is -1.61. The van der Waals surface area contributed by atoms with Crippen molar-refractivity contribution >= 4 is 17.7 Å². The molecular weight excluding hydrogens is 260 g/mol. The van der Waals surface area contributed by atoms with Crippen molar-refractivity contribution in [3.05, 3.63) is 17.1 Å². The van der Waals surface area contributed by atoms with E-state index >= 15 is 0 Å². The topological polar surface area (TPSA) is 78.7 Å². The van der Waals surface area contributed by atoms with Crippen LogP contribution in [-0.2, 0) is 4.79 Å². The number of thioether (sulfide) groups is 1. The molecule has 0 aliphatic carbocycles. The van der Waals surface area contributed by atoms with E-state index in [4.69, 9.17) is 5.26 Å². The molecule has 1 rings (SSSR count). The number of hydrogen-bond donors (Lipinski definition) is 1. The molecule has 0 unspecified atom stereocenters. The third-order valence-corrected chi connectivity index (χ3v) is 3.11. The van der Waals surface area contributed by atoms with Gasteiger partial charge < -0.3 is 5.32 Å². The van der Waals surface area contributed by atoms with Gasteiger partial charge in [0.25, 0.3) is 0 Å². The summed E-state index contributed by atoms with van der Waals surface area (Å²) >= 11 is 1.26. The van der Waals surface area contributed by atoms with E-state index in [0.717, 1.165) is 0 Å². The fourth-order valence-corrected chi connectivity index (χ4v) is 2.38. The molecule has 0 radical (unpaired) electrons. The van der Waals surface area contributed by atoms with Gasteiger partial charge in [0.1, 0.15) is 22.5 Å². The van der Waals surface area contributed by atoms with E-state index in [1.165, 1.54) is 11.8 Å². The van der Waals surface area contributed by atoms with Crippen LogP contribution in [-0.4, -0.2) is 27.2 Å². The van der Waals surface area contributed by atoms with Crippen LogP contribution in [0.4, 0.5) is 0 Å². The van der Waals surface area contributed by atoms with Gasteiger partial charge in [0.2, 0.25) is 5.91 Å². The summed E-state index contributed by atoms with van der Waals surface area (Å²) in [4.78, 5) is 20.1. The second kappa shape index (κ2) is 6.02. The third kappa shape index (κ3) is 4.87. The van der Waals surface area contributed by atoms with E-state index in [1.54, 1.807) is 13.8 Å². The summed E-state index contributed by atoms with van der Waals surface area (Å²) in [5.74, 6) is 0.771. The summed E-state index contributed by atoms with van der Waals surface area (Å²) < 4.78 is 0. The first-order valence-electron chi connectivity index (χ1n) is 5.92. The van der Waals surface area contributed by atoms with Crippen molar-refractivity contribution < 1.29 is 4.79 Å². The molecule has 0 aliphatic rings. The second-order valence-electron chi connectivity index (χ2n) is 5.24. The number of nitrogens with zero attached hydrogens (tertiary/aromatic N) is 3. The van der Waals surface area contributed by atoms with E-state index in [0.29, 0.717) is 22.1 Å². The highest BCUT2D eigenvalue weighted by Gasteiger charge is 2.16. The molecule has 0 saturated carbocycles. The van der Waals surface area contributed by atoms with E-state index in [9.17, 15) is 4.79 Å². The number of aromatic nitrogens is 2. The summed E-state index contributed by atoms with van der Waals surface area (Å²) in [6, 6.07) is 2.09. The van der Waals surface area contributed by atoms with Crippen LogP contribution in [0.5, 0.6) is 0 Å². The lowest BCUT2D eigenvalue weighted by Gasteiger charge is -2.20. The Bertz CT molecular complexity index is 529. The van der Waals surface area contributed by atoms with Crippen LogP contribution in [0.3, 0.4) is 0 Å². The number of hydrogen-bond acceptors (Lipinski definition) is 5. The minimum atomic E-state index is -0.257. The fraction of sp³-hybridized carbons (Fsp3) is 0.538. The van der Waals surface area contributed by atoms with Gasteiger partial charge in [-0.05, 0) is 34.6 Å². The molecular formula is C13H18N4OS. The first-order valence-corrected chi connectivity index (χ1v) is 6.90. The molecule has 0 aliphatic heterocycles. The van der Waals surface area contributed by atoms with Crippen molar-refractivity contribution in [2.45, 2.75) is 45.2 Å². The smallest absolute Gasteiger partial charge is 0.230 e. The van der Waals surface area contributed by atoms with Crippen LogP contribution in [0, 0.1) is 25.2 Å². The Balaban J connectivity index is 2.79. The SMILES string of the molecule is Cc1nc(C)c(C#N)c(SCC(=O)NC(C)(C)C)n1. The lowest BCUT2D eigenvalue weighted by atomic mass is 10.1. The summed E-state index contributed by atoms with van der Waals surface area (Å²) in [6.07, 6.45) is 0. The zero-order valence-corrected chi connectivity index (χ0v) is 12.7. The quantitative estimate of drug-likeness (QED) is 0.675. The third-order valence-electron chi connectivity index (χ3n) is 2.13. The van der Waals surface area contributed by atoms with Gasteiger partial charge in [-0.1, -0.05) is 11.8 Å². The van der Waals surface area contributed by atoms with Crippen LogP contribution in [0.25, 0.3) is 0 Å². The molecule has 102 valence electrons. The summed E-state index contributed by atoms with van der Waals surface area (Å²) in [7, 11) is 0. The molecule has 5 nitrogen and oxygen atoms in total. The maximum Gasteiger partial charge on any atom is 0.230 e. The normalized spacial score (nSPS) is 10.9. The number of nitrogens with one attached hydrogen (secondary N) is 1. The number of amides is 1.